The number of hydrogen-bond acceptors (Lipinski definition) is 6. The van der Waals surface area contributed by atoms with E-state index < -0.39 is 23.8 Å². The number of aromatic nitrogens is 2. The van der Waals surface area contributed by atoms with Crippen LogP contribution in [0.4, 0.5) is 0 Å². The highest BCUT2D eigenvalue weighted by Crippen LogP contribution is 2.18. The van der Waals surface area contributed by atoms with E-state index in [0.717, 1.165) is 0 Å². The van der Waals surface area contributed by atoms with Gasteiger partial charge in [-0.1, -0.05) is 19.0 Å². The second-order valence-corrected chi connectivity index (χ2v) is 6.09. The Morgan fingerprint density at radius 1 is 1.31 bits per heavy atom. The number of carbonyl (C=O) groups is 3. The molecule has 9 heteroatoms. The third-order valence-electron chi connectivity index (χ3n) is 3.44. The van der Waals surface area contributed by atoms with Crippen molar-refractivity contribution >= 4 is 17.8 Å². The fraction of sp³-hybridized carbons (Fsp3) is 0.353. The Morgan fingerprint density at radius 3 is 2.69 bits per heavy atom. The Hall–Kier alpha value is -3.23. The molecule has 0 bridgehead atoms. The molecule has 9 nitrogen and oxygen atoms in total. The van der Waals surface area contributed by atoms with Crippen molar-refractivity contribution in [1.29, 1.82) is 0 Å². The number of hydrogen-bond donors (Lipinski definition) is 3. The minimum absolute atomic E-state index is 0.00798. The molecule has 2 amide bonds. The number of aliphatic carboxylic acids is 1. The first-order valence-electron chi connectivity index (χ1n) is 8.04. The van der Waals surface area contributed by atoms with Gasteiger partial charge in [0.1, 0.15) is 6.04 Å². The molecule has 3 N–H and O–H groups in total. The number of nitrogens with one attached hydrogen (secondary N) is 2. The highest BCUT2D eigenvalue weighted by Gasteiger charge is 2.21. The summed E-state index contributed by atoms with van der Waals surface area (Å²) in [5, 5.41) is 17.5. The van der Waals surface area contributed by atoms with E-state index in [1.165, 1.54) is 6.07 Å². The molecular formula is C17H20N4O5. The SMILES string of the molecule is CC(C)C[C@H](NC(=O)CNC(=O)c1cc(-c2cccnc2)on1)C(=O)O. The van der Waals surface area contributed by atoms with Crippen molar-refractivity contribution in [2.24, 2.45) is 5.92 Å². The lowest BCUT2D eigenvalue weighted by Gasteiger charge is -2.16. The first-order valence-corrected chi connectivity index (χ1v) is 8.04. The fourth-order valence-corrected chi connectivity index (χ4v) is 2.22. The number of nitrogens with zero attached hydrogens (tertiary/aromatic N) is 2. The minimum atomic E-state index is -1.11. The largest absolute Gasteiger partial charge is 0.480 e. The van der Waals surface area contributed by atoms with Gasteiger partial charge in [-0.3, -0.25) is 14.6 Å². The van der Waals surface area contributed by atoms with Crippen LogP contribution in [0, 0.1) is 5.92 Å². The van der Waals surface area contributed by atoms with E-state index >= 15 is 0 Å². The number of carboxylic acids is 1. The lowest BCUT2D eigenvalue weighted by Crippen LogP contribution is -2.46. The molecule has 2 rings (SSSR count). The number of carbonyl (C=O) groups excluding carboxylic acids is 2. The number of rotatable bonds is 8. The second-order valence-electron chi connectivity index (χ2n) is 6.09. The predicted molar refractivity (Wildman–Crippen MR) is 91.1 cm³/mol. The average molecular weight is 360 g/mol. The Balaban J connectivity index is 1.89. The lowest BCUT2D eigenvalue weighted by molar-refractivity contribution is -0.142. The molecule has 0 aromatic carbocycles. The van der Waals surface area contributed by atoms with Crippen LogP contribution in [0.15, 0.2) is 35.1 Å². The van der Waals surface area contributed by atoms with Crippen LogP contribution in [0.2, 0.25) is 0 Å². The zero-order valence-corrected chi connectivity index (χ0v) is 14.4. The molecule has 0 unspecified atom stereocenters. The highest BCUT2D eigenvalue weighted by atomic mass is 16.5. The van der Waals surface area contributed by atoms with Gasteiger partial charge in [0.25, 0.3) is 5.91 Å². The van der Waals surface area contributed by atoms with Crippen LogP contribution in [-0.4, -0.2) is 45.6 Å². The van der Waals surface area contributed by atoms with Crippen LogP contribution in [0.1, 0.15) is 30.8 Å². The maximum absolute atomic E-state index is 12.0. The molecule has 0 saturated heterocycles. The number of carboxylic acid groups (broad SMARTS) is 1. The van der Waals surface area contributed by atoms with Gasteiger partial charge in [-0.15, -0.1) is 0 Å². The summed E-state index contributed by atoms with van der Waals surface area (Å²) >= 11 is 0. The summed E-state index contributed by atoms with van der Waals surface area (Å²) < 4.78 is 5.09. The zero-order valence-electron chi connectivity index (χ0n) is 14.4. The van der Waals surface area contributed by atoms with Gasteiger partial charge < -0.3 is 20.3 Å². The first-order chi connectivity index (χ1) is 12.4. The maximum atomic E-state index is 12.0. The van der Waals surface area contributed by atoms with Crippen molar-refractivity contribution in [1.82, 2.24) is 20.8 Å². The molecule has 2 aromatic heterocycles. The van der Waals surface area contributed by atoms with E-state index in [1.807, 2.05) is 13.8 Å². The van der Waals surface area contributed by atoms with Crippen LogP contribution in [-0.2, 0) is 9.59 Å². The topological polar surface area (TPSA) is 134 Å². The zero-order chi connectivity index (χ0) is 19.1. The average Bonchev–Trinajstić information content (AvgIpc) is 3.09. The van der Waals surface area contributed by atoms with Crippen molar-refractivity contribution in [3.63, 3.8) is 0 Å². The van der Waals surface area contributed by atoms with Crippen LogP contribution in [0.3, 0.4) is 0 Å². The summed E-state index contributed by atoms with van der Waals surface area (Å²) in [7, 11) is 0. The van der Waals surface area contributed by atoms with E-state index in [0.29, 0.717) is 17.7 Å². The Morgan fingerprint density at radius 2 is 2.08 bits per heavy atom. The quantitative estimate of drug-likeness (QED) is 0.641. The summed E-state index contributed by atoms with van der Waals surface area (Å²) in [4.78, 5) is 39.0. The van der Waals surface area contributed by atoms with Crippen molar-refractivity contribution in [3.8, 4) is 11.3 Å². The van der Waals surface area contributed by atoms with Crippen molar-refractivity contribution in [2.75, 3.05) is 6.54 Å². The third-order valence-corrected chi connectivity index (χ3v) is 3.44. The van der Waals surface area contributed by atoms with Crippen molar-refractivity contribution < 1.29 is 24.0 Å². The number of amides is 2. The minimum Gasteiger partial charge on any atom is -0.480 e. The molecule has 2 aromatic rings. The van der Waals surface area contributed by atoms with Gasteiger partial charge in [0.15, 0.2) is 11.5 Å². The molecule has 0 radical (unpaired) electrons. The smallest absolute Gasteiger partial charge is 0.326 e. The van der Waals surface area contributed by atoms with Crippen LogP contribution >= 0.6 is 0 Å². The van der Waals surface area contributed by atoms with Gasteiger partial charge >= 0.3 is 5.97 Å². The molecule has 0 fully saturated rings. The van der Waals surface area contributed by atoms with Crippen LogP contribution in [0.25, 0.3) is 11.3 Å². The lowest BCUT2D eigenvalue weighted by atomic mass is 10.0. The Bertz CT molecular complexity index is 772. The maximum Gasteiger partial charge on any atom is 0.326 e. The monoisotopic (exact) mass is 360 g/mol. The summed E-state index contributed by atoms with van der Waals surface area (Å²) in [6, 6.07) is 3.91. The summed E-state index contributed by atoms with van der Waals surface area (Å²) in [5.74, 6) is -1.84. The van der Waals surface area contributed by atoms with Gasteiger partial charge in [-0.2, -0.15) is 0 Å². The number of pyridine rings is 1. The molecule has 2 heterocycles. The van der Waals surface area contributed by atoms with E-state index in [-0.39, 0.29) is 18.2 Å². The Kier molecular flexibility index (Phi) is 6.42. The van der Waals surface area contributed by atoms with E-state index in [9.17, 15) is 14.4 Å². The summed E-state index contributed by atoms with van der Waals surface area (Å²) in [5.41, 5.74) is 0.670. The van der Waals surface area contributed by atoms with E-state index in [2.05, 4.69) is 20.8 Å². The van der Waals surface area contributed by atoms with Crippen molar-refractivity contribution in [3.05, 3.63) is 36.3 Å². The molecule has 26 heavy (non-hydrogen) atoms. The molecule has 138 valence electrons. The van der Waals surface area contributed by atoms with E-state index in [4.69, 9.17) is 9.63 Å². The van der Waals surface area contributed by atoms with Gasteiger partial charge in [0.05, 0.1) is 6.54 Å². The van der Waals surface area contributed by atoms with E-state index in [1.54, 1.807) is 24.5 Å². The first kappa shape index (κ1) is 19.1. The fourth-order valence-electron chi connectivity index (χ4n) is 2.22. The van der Waals surface area contributed by atoms with Gasteiger partial charge in [-0.05, 0) is 24.5 Å². The third kappa shape index (κ3) is 5.40. The highest BCUT2D eigenvalue weighted by molar-refractivity contribution is 5.96. The molecule has 0 saturated carbocycles. The van der Waals surface area contributed by atoms with Gasteiger partial charge in [-0.25, -0.2) is 4.79 Å². The summed E-state index contributed by atoms with van der Waals surface area (Å²) in [6.45, 7) is 3.35. The predicted octanol–water partition coefficient (Wildman–Crippen LogP) is 1.08. The second kappa shape index (κ2) is 8.75. The normalized spacial score (nSPS) is 11.8. The molecule has 1 atom stereocenters. The van der Waals surface area contributed by atoms with Crippen molar-refractivity contribution in [2.45, 2.75) is 26.3 Å². The van der Waals surface area contributed by atoms with Crippen LogP contribution < -0.4 is 10.6 Å². The molecular weight excluding hydrogens is 340 g/mol. The standard InChI is InChI=1S/C17H20N4O5/c1-10(2)6-13(17(24)25)20-15(22)9-19-16(23)12-7-14(26-21-12)11-4-3-5-18-8-11/h3-5,7-8,10,13H,6,9H2,1-2H3,(H,19,23)(H,20,22)(H,24,25)/t13-/m0/s1. The van der Waals surface area contributed by atoms with Crippen LogP contribution in [0.5, 0.6) is 0 Å². The molecule has 0 aliphatic heterocycles. The van der Waals surface area contributed by atoms with Gasteiger partial charge in [0, 0.05) is 24.0 Å². The molecule has 0 spiro atoms. The summed E-state index contributed by atoms with van der Waals surface area (Å²) in [6.07, 6.45) is 3.47. The molecule has 0 aliphatic carbocycles. The van der Waals surface area contributed by atoms with Gasteiger partial charge in [0.2, 0.25) is 5.91 Å². The Labute approximate surface area is 149 Å². The molecule has 0 aliphatic rings.